The molecule has 382 valence electrons. The highest BCUT2D eigenvalue weighted by Crippen LogP contribution is 2.38. The highest BCUT2D eigenvalue weighted by molar-refractivity contribution is 7.20. The van der Waals surface area contributed by atoms with Gasteiger partial charge in [0.05, 0.1) is 60.9 Å². The summed E-state index contributed by atoms with van der Waals surface area (Å²) >= 11 is 0. The smallest absolute Gasteiger partial charge is 0.269 e. The molecule has 0 saturated carbocycles. The van der Waals surface area contributed by atoms with Gasteiger partial charge in [-0.25, -0.2) is 4.98 Å². The molecular formula is C73H60N4OSi. The minimum Gasteiger partial charge on any atom is -0.458 e. The predicted octanol–water partition coefficient (Wildman–Crippen LogP) is 14.9. The summed E-state index contributed by atoms with van der Waals surface area (Å²) in [6.45, 7) is -3.39. The zero-order valence-electron chi connectivity index (χ0n) is 71.4. The van der Waals surface area contributed by atoms with Crippen molar-refractivity contribution in [3.63, 3.8) is 0 Å². The molecule has 0 N–H and O–H groups in total. The van der Waals surface area contributed by atoms with Crippen molar-refractivity contribution >= 4 is 61.7 Å². The summed E-state index contributed by atoms with van der Waals surface area (Å²) in [6, 6.07) is 15.0. The zero-order valence-corrected chi connectivity index (χ0v) is 43.4. The lowest BCUT2D eigenvalue weighted by molar-refractivity contribution is -0.572. The summed E-state index contributed by atoms with van der Waals surface area (Å²) < 4.78 is 274. The number of imidazole rings is 1. The second kappa shape index (κ2) is 19.9. The molecular weight excluding hydrogens is 977 g/mol. The first-order valence-corrected chi connectivity index (χ1v) is 26.9. The Bertz CT molecular complexity index is 5700. The van der Waals surface area contributed by atoms with Crippen molar-refractivity contribution in [2.75, 3.05) is 0 Å². The van der Waals surface area contributed by atoms with Gasteiger partial charge < -0.3 is 4.74 Å². The number of para-hydroxylation sites is 2. The number of hydrogen-bond donors (Lipinski definition) is 0. The van der Waals surface area contributed by atoms with Gasteiger partial charge >= 0.3 is 0 Å². The monoisotopic (exact) mass is 1070 g/mol. The molecule has 0 fully saturated rings. The lowest BCUT2D eigenvalue weighted by Crippen LogP contribution is -2.76. The van der Waals surface area contributed by atoms with Crippen molar-refractivity contribution in [2.24, 2.45) is 0 Å². The van der Waals surface area contributed by atoms with Crippen molar-refractivity contribution in [1.82, 2.24) is 14.1 Å². The maximum Gasteiger partial charge on any atom is 0.269 e. The van der Waals surface area contributed by atoms with Crippen LogP contribution in [0.15, 0.2) is 254 Å². The van der Waals surface area contributed by atoms with Crippen LogP contribution in [0.25, 0.3) is 72.3 Å². The van der Waals surface area contributed by atoms with Crippen molar-refractivity contribution < 1.29 is 49.1 Å². The number of ether oxygens (including phenoxy) is 1. The summed E-state index contributed by atoms with van der Waals surface area (Å²) in [6.07, 6.45) is 4.60. The third-order valence-electron chi connectivity index (χ3n) is 14.0. The number of nitrogens with zero attached hydrogens (tertiary/aromatic N) is 4. The maximum atomic E-state index is 9.95. The fourth-order valence-corrected chi connectivity index (χ4v) is 14.5. The Morgan fingerprint density at radius 2 is 1.16 bits per heavy atom. The molecule has 0 bridgehead atoms. The first-order chi connectivity index (χ1) is 50.5. The molecule has 0 atom stereocenters. The van der Waals surface area contributed by atoms with Crippen molar-refractivity contribution in [1.29, 1.82) is 0 Å². The lowest BCUT2D eigenvalue weighted by Gasteiger charge is -2.38. The number of pyridine rings is 1. The van der Waals surface area contributed by atoms with Crippen LogP contribution in [0.2, 0.25) is 0 Å². The van der Waals surface area contributed by atoms with Crippen LogP contribution in [0.3, 0.4) is 0 Å². The normalized spacial score (nSPS) is 17.6. The quantitative estimate of drug-likeness (QED) is 0.0560. The van der Waals surface area contributed by atoms with E-state index in [9.17, 15) is 16.4 Å². The van der Waals surface area contributed by atoms with Gasteiger partial charge in [-0.2, -0.15) is 0 Å². The molecule has 13 aromatic rings. The molecule has 0 amide bonds. The van der Waals surface area contributed by atoms with Crippen molar-refractivity contribution in [3.05, 3.63) is 283 Å². The molecule has 6 heteroatoms. The minimum atomic E-state index is -5.94. The topological polar surface area (TPSA) is 35.9 Å². The average molecular weight is 1070 g/mol. The van der Waals surface area contributed by atoms with Gasteiger partial charge in [0.25, 0.3) is 6.33 Å². The highest BCUT2D eigenvalue weighted by Gasteiger charge is 2.44. The largest absolute Gasteiger partial charge is 0.458 e. The van der Waals surface area contributed by atoms with Gasteiger partial charge in [0.15, 0.2) is 8.07 Å². The molecule has 5 nitrogen and oxygen atoms in total. The first-order valence-electron chi connectivity index (χ1n) is 39.4. The van der Waals surface area contributed by atoms with Crippen LogP contribution in [0, 0.1) is 26.9 Å². The average Bonchev–Trinajstić information content (AvgIpc) is 0.720. The Kier molecular flexibility index (Phi) is 6.75. The van der Waals surface area contributed by atoms with E-state index in [0.29, 0.717) is 27.4 Å². The first kappa shape index (κ1) is 26.8. The number of aryl methyl sites for hydroxylation is 3. The van der Waals surface area contributed by atoms with Gasteiger partial charge in [-0.1, -0.05) is 214 Å². The Morgan fingerprint density at radius 3 is 1.84 bits per heavy atom. The number of aromatic nitrogens is 4. The van der Waals surface area contributed by atoms with E-state index >= 15 is 0 Å². The van der Waals surface area contributed by atoms with E-state index < -0.39 is 170 Å². The fourth-order valence-electron chi connectivity index (χ4n) is 10.5. The molecule has 0 unspecified atom stereocenters. The Morgan fingerprint density at radius 1 is 0.544 bits per heavy atom. The lowest BCUT2D eigenvalue weighted by atomic mass is 9.85. The van der Waals surface area contributed by atoms with E-state index in [2.05, 4.69) is 6.33 Å². The Hall–Kier alpha value is -9.36. The molecule has 0 aliphatic rings. The van der Waals surface area contributed by atoms with Crippen molar-refractivity contribution in [2.45, 2.75) is 46.7 Å². The third kappa shape index (κ3) is 8.57. The Balaban J connectivity index is 1.12. The second-order valence-electron chi connectivity index (χ2n) is 19.6. The molecule has 0 saturated heterocycles. The molecule has 10 aromatic carbocycles. The molecule has 13 rings (SSSR count). The molecule has 0 spiro atoms. The van der Waals surface area contributed by atoms with Crippen LogP contribution in [0.5, 0.6) is 11.5 Å². The molecule has 3 heterocycles. The van der Waals surface area contributed by atoms with E-state index in [1.807, 2.05) is 6.07 Å². The summed E-state index contributed by atoms with van der Waals surface area (Å²) in [4.78, 5) is 4.70. The maximum absolute atomic E-state index is 9.95. The van der Waals surface area contributed by atoms with Crippen LogP contribution in [0.1, 0.15) is 82.8 Å². The summed E-state index contributed by atoms with van der Waals surface area (Å²) in [7, 11) is -5.94. The fraction of sp³-hybridized carbons (Fsp3) is 0.0959. The summed E-state index contributed by atoms with van der Waals surface area (Å²) in [5.41, 5.74) is -1.13. The SMILES string of the molecule is [2H]c1c([2H])c([2H])c(-c2cnc(-n3c4ccccc4c4ccc(Oc5cccc(-n6[c-][n+](-c7c(C(C)(C)C)cccc7[Si](c7c([2H])c([2H])c([2H])c([2H])c7[2H])(c7c([2H])c([2H])c([2H])c([2H])c7[2H])c7c([2H])c([2H])c([2H])c([2H])c7[2H])c7ccc(-c8c(C([2H])([2H])[2H])cccc8C([2H])([2H])[2H])cc76)c5)cc43)cc2C([2H])([2H])[2H])c([2H])c1[2H]. The number of benzene rings is 10. The number of rotatable bonds is 11. The van der Waals surface area contributed by atoms with Gasteiger partial charge in [0, 0.05) is 40.9 Å². The minimum absolute atomic E-state index is 0.0611. The van der Waals surface area contributed by atoms with Crippen molar-refractivity contribution in [3.8, 4) is 50.9 Å². The number of fused-ring (bicyclic) bond motifs is 4. The molecule has 0 radical (unpaired) electrons. The van der Waals surface area contributed by atoms with E-state index in [-0.39, 0.29) is 83.9 Å². The van der Waals surface area contributed by atoms with Crippen LogP contribution in [-0.4, -0.2) is 22.2 Å². The van der Waals surface area contributed by atoms with E-state index in [1.165, 1.54) is 63.7 Å². The van der Waals surface area contributed by atoms with Gasteiger partial charge in [0.2, 0.25) is 0 Å². The second-order valence-corrected chi connectivity index (χ2v) is 23.2. The predicted molar refractivity (Wildman–Crippen MR) is 330 cm³/mol. The van der Waals surface area contributed by atoms with Gasteiger partial charge in [0.1, 0.15) is 17.3 Å². The van der Waals surface area contributed by atoms with Crippen LogP contribution in [0.4, 0.5) is 0 Å². The van der Waals surface area contributed by atoms with Crippen LogP contribution in [-0.2, 0) is 5.41 Å². The Labute approximate surface area is 504 Å². The van der Waals surface area contributed by atoms with Gasteiger partial charge in [-0.05, 0) is 134 Å². The van der Waals surface area contributed by atoms with Gasteiger partial charge in [-0.3, -0.25) is 13.7 Å². The van der Waals surface area contributed by atoms with E-state index in [1.54, 1.807) is 92.1 Å². The highest BCUT2D eigenvalue weighted by atomic mass is 28.3. The number of hydrogen-bond acceptors (Lipinski definition) is 2. The molecule has 0 aliphatic heterocycles. The summed E-state index contributed by atoms with van der Waals surface area (Å²) in [5.74, 6) is 0.413. The molecule has 3 aromatic heterocycles. The zero-order chi connectivity index (χ0) is 78.7. The standard InChI is InChI=1S/C73H60N4OSi/c1-50-24-21-25-51(2)71(50)54-40-43-66-68(45-54)75(49-76(66)72-64(73(4,5)6)37-23-39-69(72)79(58-30-13-8-14-31-58,59-32-15-9-16-33-59)60-34-17-10-18-35-60)55-28-22-29-56(46-55)78-57-41-42-62-61-36-19-20-38-65(61)77(67(62)47-57)70-44-52(3)63(48-74-70)53-26-11-7-12-27-53/h7-48H,1-6H3/i1D3,2D3,3D3,7D,8D,9D,10D,11D,12D,13D,14D,15D,16D,17D,18D,26D,27D,30D,31D,32D,33D,34D,35D. The third-order valence-corrected chi connectivity index (χ3v) is 18.2. The van der Waals surface area contributed by atoms with Gasteiger partial charge in [-0.15, -0.1) is 0 Å². The van der Waals surface area contributed by atoms with E-state index in [0.717, 1.165) is 6.20 Å². The summed E-state index contributed by atoms with van der Waals surface area (Å²) in [5, 5.41) is -1.16. The van der Waals surface area contributed by atoms with E-state index in [4.69, 9.17) is 33.0 Å². The van der Waals surface area contributed by atoms with Crippen LogP contribution >= 0.6 is 0 Å². The van der Waals surface area contributed by atoms with Crippen LogP contribution < -0.4 is 30.1 Å². The molecule has 79 heavy (non-hydrogen) atoms. The molecule has 0 aliphatic carbocycles.